The van der Waals surface area contributed by atoms with Gasteiger partial charge in [0.2, 0.25) is 10.0 Å². The maximum absolute atomic E-state index is 14.9. The summed E-state index contributed by atoms with van der Waals surface area (Å²) in [5, 5.41) is 5.46. The van der Waals surface area contributed by atoms with E-state index in [4.69, 9.17) is 9.88 Å². The molecule has 5 nitrogen and oxygen atoms in total. The third-order valence-electron chi connectivity index (χ3n) is 8.07. The second-order valence-corrected chi connectivity index (χ2v) is 12.0. The Hall–Kier alpha value is -1.96. The van der Waals surface area contributed by atoms with Crippen LogP contribution in [-0.4, -0.2) is 44.3 Å². The smallest absolute Gasteiger partial charge is 0.214 e. The Balaban J connectivity index is 1.35. The van der Waals surface area contributed by atoms with Crippen molar-refractivity contribution in [2.45, 2.75) is 55.6 Å². The molecule has 0 bridgehead atoms. The number of nitrogens with two attached hydrogens (primary N) is 1. The molecular weight excluding hydrogens is 439 g/mol. The first-order chi connectivity index (χ1) is 15.8. The SMILES string of the molecule is NS(=O)(=O)C1(CCOc2cc3c(cc2F)CC(CN2CCC2)C3Cc2ccccc2)CCC1. The van der Waals surface area contributed by atoms with Crippen LogP contribution in [0.1, 0.15) is 54.7 Å². The number of rotatable bonds is 9. The highest BCUT2D eigenvalue weighted by Gasteiger charge is 2.46. The second kappa shape index (κ2) is 9.01. The van der Waals surface area contributed by atoms with E-state index in [1.54, 1.807) is 6.07 Å². The molecule has 1 saturated carbocycles. The Morgan fingerprint density at radius 1 is 1.12 bits per heavy atom. The lowest BCUT2D eigenvalue weighted by molar-refractivity contribution is 0.145. The van der Waals surface area contributed by atoms with E-state index in [2.05, 4.69) is 29.2 Å². The summed E-state index contributed by atoms with van der Waals surface area (Å²) >= 11 is 0. The lowest BCUT2D eigenvalue weighted by atomic mass is 9.82. The Morgan fingerprint density at radius 2 is 1.88 bits per heavy atom. The molecule has 0 spiro atoms. The van der Waals surface area contributed by atoms with Crippen LogP contribution < -0.4 is 9.88 Å². The molecule has 0 amide bonds. The van der Waals surface area contributed by atoms with Crippen LogP contribution >= 0.6 is 0 Å². The van der Waals surface area contributed by atoms with Gasteiger partial charge in [-0.15, -0.1) is 0 Å². The molecule has 2 aliphatic carbocycles. The van der Waals surface area contributed by atoms with E-state index in [9.17, 15) is 12.8 Å². The molecule has 0 radical (unpaired) electrons. The number of sulfonamides is 1. The summed E-state index contributed by atoms with van der Waals surface area (Å²) in [7, 11) is -3.64. The highest BCUT2D eigenvalue weighted by Crippen LogP contribution is 2.44. The number of hydrogen-bond acceptors (Lipinski definition) is 4. The van der Waals surface area contributed by atoms with Crippen molar-refractivity contribution in [1.29, 1.82) is 0 Å². The van der Waals surface area contributed by atoms with Crippen molar-refractivity contribution in [2.24, 2.45) is 11.1 Å². The number of hydrogen-bond donors (Lipinski definition) is 1. The summed E-state index contributed by atoms with van der Waals surface area (Å²) in [6.07, 6.45) is 5.33. The summed E-state index contributed by atoms with van der Waals surface area (Å²) in [4.78, 5) is 2.49. The van der Waals surface area contributed by atoms with Crippen LogP contribution in [0.15, 0.2) is 42.5 Å². The number of benzene rings is 2. The van der Waals surface area contributed by atoms with Crippen LogP contribution in [0, 0.1) is 11.7 Å². The summed E-state index contributed by atoms with van der Waals surface area (Å²) in [6, 6.07) is 14.0. The van der Waals surface area contributed by atoms with Crippen molar-refractivity contribution in [1.82, 2.24) is 4.90 Å². The zero-order chi connectivity index (χ0) is 23.1. The standard InChI is InChI=1S/C26H33FN2O3S/c27-24-16-20-15-21(18-29-11-5-12-29)22(14-19-6-2-1-3-7-19)23(20)17-25(24)32-13-10-26(8-4-9-26)33(28,30)31/h1-3,6-7,16-17,21-22H,4-5,8-15,18H2,(H2,28,30,31). The van der Waals surface area contributed by atoms with Crippen molar-refractivity contribution in [3.8, 4) is 5.75 Å². The number of ether oxygens (including phenoxy) is 1. The van der Waals surface area contributed by atoms with Crippen LogP contribution in [0.4, 0.5) is 4.39 Å². The second-order valence-electron chi connectivity index (χ2n) is 10.1. The van der Waals surface area contributed by atoms with Gasteiger partial charge >= 0.3 is 0 Å². The topological polar surface area (TPSA) is 72.6 Å². The van der Waals surface area contributed by atoms with E-state index >= 15 is 0 Å². The van der Waals surface area contributed by atoms with Crippen molar-refractivity contribution in [3.63, 3.8) is 0 Å². The molecule has 1 saturated heterocycles. The third-order valence-corrected chi connectivity index (χ3v) is 9.89. The summed E-state index contributed by atoms with van der Waals surface area (Å²) in [6.45, 7) is 3.49. The van der Waals surface area contributed by atoms with Gasteiger partial charge in [0, 0.05) is 13.0 Å². The lowest BCUT2D eigenvalue weighted by Gasteiger charge is -2.39. The number of primary sulfonamides is 1. The van der Waals surface area contributed by atoms with Crippen LogP contribution in [0.2, 0.25) is 0 Å². The zero-order valence-electron chi connectivity index (χ0n) is 19.0. The number of likely N-dealkylation sites (tertiary alicyclic amines) is 1. The molecule has 7 heteroatoms. The summed E-state index contributed by atoms with van der Waals surface area (Å²) < 4.78 is 43.9. The average molecular weight is 473 g/mol. The fourth-order valence-corrected chi connectivity index (χ4v) is 6.97. The molecule has 1 heterocycles. The van der Waals surface area contributed by atoms with Crippen molar-refractivity contribution in [2.75, 3.05) is 26.2 Å². The number of nitrogens with zero attached hydrogens (tertiary/aromatic N) is 1. The average Bonchev–Trinajstić information content (AvgIpc) is 3.02. The summed E-state index contributed by atoms with van der Waals surface area (Å²) in [5.41, 5.74) is 3.53. The van der Waals surface area contributed by atoms with Crippen LogP contribution in [0.5, 0.6) is 5.75 Å². The normalized spacial score (nSPS) is 24.1. The van der Waals surface area contributed by atoms with E-state index in [0.29, 0.717) is 31.1 Å². The minimum Gasteiger partial charge on any atom is -0.490 e. The molecule has 5 rings (SSSR count). The number of halogens is 1. The maximum atomic E-state index is 14.9. The van der Waals surface area contributed by atoms with E-state index in [0.717, 1.165) is 44.5 Å². The van der Waals surface area contributed by atoms with Gasteiger partial charge in [-0.25, -0.2) is 17.9 Å². The minimum atomic E-state index is -3.64. The van der Waals surface area contributed by atoms with Gasteiger partial charge in [-0.05, 0) is 85.9 Å². The minimum absolute atomic E-state index is 0.146. The molecule has 2 aromatic rings. The van der Waals surface area contributed by atoms with Crippen LogP contribution in [0.25, 0.3) is 0 Å². The van der Waals surface area contributed by atoms with Gasteiger partial charge in [-0.3, -0.25) is 0 Å². The highest BCUT2D eigenvalue weighted by molar-refractivity contribution is 7.90. The molecule has 3 aliphatic rings. The van der Waals surface area contributed by atoms with E-state index in [1.807, 2.05) is 12.1 Å². The van der Waals surface area contributed by atoms with E-state index in [1.165, 1.54) is 17.5 Å². The van der Waals surface area contributed by atoms with Gasteiger partial charge in [0.15, 0.2) is 11.6 Å². The molecule has 2 N–H and O–H groups in total. The highest BCUT2D eigenvalue weighted by atomic mass is 32.2. The maximum Gasteiger partial charge on any atom is 0.214 e. The molecule has 2 fully saturated rings. The quantitative estimate of drug-likeness (QED) is 0.599. The largest absolute Gasteiger partial charge is 0.490 e. The van der Waals surface area contributed by atoms with Gasteiger partial charge in [0.1, 0.15) is 0 Å². The number of fused-ring (bicyclic) bond motifs is 1. The molecular formula is C26H33FN2O3S. The molecule has 2 unspecified atom stereocenters. The Kier molecular flexibility index (Phi) is 6.23. The predicted molar refractivity (Wildman–Crippen MR) is 127 cm³/mol. The van der Waals surface area contributed by atoms with Gasteiger partial charge < -0.3 is 9.64 Å². The van der Waals surface area contributed by atoms with Crippen molar-refractivity contribution in [3.05, 3.63) is 65.0 Å². The first-order valence-electron chi connectivity index (χ1n) is 12.1. The van der Waals surface area contributed by atoms with Crippen LogP contribution in [0.3, 0.4) is 0 Å². The molecule has 178 valence electrons. The van der Waals surface area contributed by atoms with Crippen molar-refractivity contribution >= 4 is 10.0 Å². The lowest BCUT2D eigenvalue weighted by Crippen LogP contribution is -2.49. The van der Waals surface area contributed by atoms with Gasteiger partial charge in [0.25, 0.3) is 0 Å². The Morgan fingerprint density at radius 3 is 2.48 bits per heavy atom. The summed E-state index contributed by atoms with van der Waals surface area (Å²) in [5.74, 6) is 0.625. The van der Waals surface area contributed by atoms with Gasteiger partial charge in [0.05, 0.1) is 11.4 Å². The van der Waals surface area contributed by atoms with Gasteiger partial charge in [-0.2, -0.15) is 0 Å². The third kappa shape index (κ3) is 4.55. The first kappa shape index (κ1) is 22.8. The molecule has 2 aromatic carbocycles. The first-order valence-corrected chi connectivity index (χ1v) is 13.6. The predicted octanol–water partition coefficient (Wildman–Crippen LogP) is 4.01. The molecule has 1 aliphatic heterocycles. The fourth-order valence-electron chi connectivity index (χ4n) is 5.75. The Labute approximate surface area is 196 Å². The molecule has 0 aromatic heterocycles. The van der Waals surface area contributed by atoms with Crippen molar-refractivity contribution < 1.29 is 17.5 Å². The monoisotopic (exact) mass is 472 g/mol. The van der Waals surface area contributed by atoms with E-state index in [-0.39, 0.29) is 18.2 Å². The molecule has 2 atom stereocenters. The molecule has 33 heavy (non-hydrogen) atoms. The van der Waals surface area contributed by atoms with Gasteiger partial charge in [-0.1, -0.05) is 36.8 Å². The Bertz CT molecular complexity index is 1100. The van der Waals surface area contributed by atoms with Crippen LogP contribution in [-0.2, 0) is 22.9 Å². The zero-order valence-corrected chi connectivity index (χ0v) is 19.8. The fraction of sp³-hybridized carbons (Fsp3) is 0.538. The van der Waals surface area contributed by atoms with E-state index < -0.39 is 14.8 Å².